The zero-order chi connectivity index (χ0) is 35.2. The molecule has 3 amide bonds. The lowest BCUT2D eigenvalue weighted by Crippen LogP contribution is -2.56. The third-order valence-corrected chi connectivity index (χ3v) is 8.56. The second-order valence-corrected chi connectivity index (χ2v) is 12.5. The van der Waals surface area contributed by atoms with Crippen LogP contribution in [-0.2, 0) is 32.0 Å². The molecule has 0 aliphatic carbocycles. The molecule has 0 spiro atoms. The van der Waals surface area contributed by atoms with Crippen molar-refractivity contribution in [2.24, 2.45) is 34.6 Å². The summed E-state index contributed by atoms with van der Waals surface area (Å²) in [6, 6.07) is 8.93. The Hall–Kier alpha value is -3.92. The number of aliphatic hydroxyl groups is 1. The van der Waals surface area contributed by atoms with E-state index in [-0.39, 0.29) is 57.0 Å². The molecule has 6 atom stereocenters. The SMILES string of the molecule is NCCC[C@H](N)CNC(=O)[C@H](CCCN)NC(=O)[C@@H]1Cc2cccc(c2)-c2ccc(O)c(c2)C[C@H](N)C(=O)C[C@@H](C[C@@H](O)CN)C(=O)N1. The van der Waals surface area contributed by atoms with Gasteiger partial charge in [0.05, 0.1) is 12.1 Å². The van der Waals surface area contributed by atoms with Crippen molar-refractivity contribution < 1.29 is 29.4 Å². The lowest BCUT2D eigenvalue weighted by molar-refractivity contribution is -0.135. The molecule has 14 nitrogen and oxygen atoms in total. The molecule has 15 N–H and O–H groups in total. The van der Waals surface area contributed by atoms with Gasteiger partial charge in [0, 0.05) is 37.9 Å². The highest BCUT2D eigenvalue weighted by Crippen LogP contribution is 2.28. The van der Waals surface area contributed by atoms with Gasteiger partial charge in [-0.3, -0.25) is 19.2 Å². The summed E-state index contributed by atoms with van der Waals surface area (Å²) in [6.45, 7) is 0.828. The number of nitrogens with two attached hydrogens (primary N) is 5. The smallest absolute Gasteiger partial charge is 0.243 e. The Bertz CT molecular complexity index is 1390. The molecule has 2 aromatic rings. The first-order valence-corrected chi connectivity index (χ1v) is 16.6. The monoisotopic (exact) mass is 668 g/mol. The van der Waals surface area contributed by atoms with E-state index in [0.29, 0.717) is 43.5 Å². The van der Waals surface area contributed by atoms with E-state index in [0.717, 1.165) is 11.1 Å². The number of Topliss-reactive ketones (excluding diaryl/α,β-unsaturated/α-hetero) is 1. The summed E-state index contributed by atoms with van der Waals surface area (Å²) in [5, 5.41) is 29.2. The fourth-order valence-electron chi connectivity index (χ4n) is 5.69. The van der Waals surface area contributed by atoms with Gasteiger partial charge in [-0.2, -0.15) is 0 Å². The summed E-state index contributed by atoms with van der Waals surface area (Å²) in [6.07, 6.45) is 0.569. The van der Waals surface area contributed by atoms with Crippen LogP contribution in [0.15, 0.2) is 42.5 Å². The molecule has 1 aliphatic heterocycles. The Morgan fingerprint density at radius 3 is 2.38 bits per heavy atom. The third-order valence-electron chi connectivity index (χ3n) is 8.56. The van der Waals surface area contributed by atoms with Gasteiger partial charge in [-0.05, 0) is 86.0 Å². The number of fused-ring (bicyclic) bond motifs is 5. The minimum atomic E-state index is -1.16. The second-order valence-electron chi connectivity index (χ2n) is 12.5. The number of amides is 3. The maximum absolute atomic E-state index is 13.9. The first kappa shape index (κ1) is 38.5. The van der Waals surface area contributed by atoms with Crippen LogP contribution in [0.25, 0.3) is 11.1 Å². The standard InChI is InChI=1S/C34H52N8O6/c35-10-2-6-25(38)19-40-33(47)28(7-3-11-36)41-34(48)29-13-20-4-1-5-21(12-20)22-8-9-30(44)23(14-22)16-27(39)31(45)17-24(32(46)42-29)15-26(43)18-37/h1,4-5,8-9,12,14,24-29,43-44H,2-3,6-7,10-11,13,15-19,35-39H2,(H,40,47)(H,41,48)(H,42,46)/t24-,25+,26-,27+,28+,29+/m1/s1. The molecule has 1 heterocycles. The van der Waals surface area contributed by atoms with E-state index in [2.05, 4.69) is 16.0 Å². The van der Waals surface area contributed by atoms with E-state index in [1.54, 1.807) is 12.1 Å². The zero-order valence-corrected chi connectivity index (χ0v) is 27.4. The molecule has 0 saturated carbocycles. The maximum atomic E-state index is 13.9. The summed E-state index contributed by atoms with van der Waals surface area (Å²) < 4.78 is 0. The summed E-state index contributed by atoms with van der Waals surface area (Å²) in [7, 11) is 0. The Labute approximate surface area is 281 Å². The average molecular weight is 669 g/mol. The fraction of sp³-hybridized carbons (Fsp3) is 0.529. The largest absolute Gasteiger partial charge is 0.508 e. The number of hydrogen-bond acceptors (Lipinski definition) is 11. The van der Waals surface area contributed by atoms with Crippen LogP contribution in [0.4, 0.5) is 0 Å². The van der Waals surface area contributed by atoms with Crippen LogP contribution in [-0.4, -0.2) is 90.2 Å². The summed E-state index contributed by atoms with van der Waals surface area (Å²) in [5.74, 6) is -3.22. The molecule has 48 heavy (non-hydrogen) atoms. The number of ketones is 1. The first-order valence-electron chi connectivity index (χ1n) is 16.6. The number of carbonyl (C=O) groups is 4. The van der Waals surface area contributed by atoms with Gasteiger partial charge in [-0.25, -0.2) is 0 Å². The number of hydrogen-bond donors (Lipinski definition) is 10. The van der Waals surface area contributed by atoms with Gasteiger partial charge in [0.2, 0.25) is 17.7 Å². The minimum Gasteiger partial charge on any atom is -0.508 e. The molecule has 0 unspecified atom stereocenters. The predicted molar refractivity (Wildman–Crippen MR) is 183 cm³/mol. The van der Waals surface area contributed by atoms with Gasteiger partial charge in [0.25, 0.3) is 0 Å². The van der Waals surface area contributed by atoms with Gasteiger partial charge >= 0.3 is 0 Å². The molecule has 0 radical (unpaired) electrons. The number of phenols is 1. The highest BCUT2D eigenvalue weighted by molar-refractivity contribution is 5.94. The van der Waals surface area contributed by atoms with Crippen molar-refractivity contribution in [1.29, 1.82) is 0 Å². The number of benzene rings is 2. The van der Waals surface area contributed by atoms with E-state index in [9.17, 15) is 29.4 Å². The maximum Gasteiger partial charge on any atom is 0.243 e. The number of phenolic OH excluding ortho intramolecular Hbond substituents is 1. The van der Waals surface area contributed by atoms with Gasteiger partial charge in [-0.1, -0.05) is 30.3 Å². The van der Waals surface area contributed by atoms with Crippen LogP contribution < -0.4 is 44.6 Å². The molecule has 0 saturated heterocycles. The average Bonchev–Trinajstić information content (AvgIpc) is 3.07. The van der Waals surface area contributed by atoms with Gasteiger partial charge < -0.3 is 54.8 Å². The number of rotatable bonds is 14. The Morgan fingerprint density at radius 1 is 0.958 bits per heavy atom. The van der Waals surface area contributed by atoms with Crippen molar-refractivity contribution >= 4 is 23.5 Å². The van der Waals surface area contributed by atoms with Crippen molar-refractivity contribution in [2.45, 2.75) is 81.6 Å². The van der Waals surface area contributed by atoms with E-state index in [4.69, 9.17) is 28.7 Å². The Morgan fingerprint density at radius 2 is 1.67 bits per heavy atom. The number of aromatic hydroxyl groups is 1. The molecule has 0 aromatic heterocycles. The summed E-state index contributed by atoms with van der Waals surface area (Å²) in [4.78, 5) is 54.2. The van der Waals surface area contributed by atoms with Crippen LogP contribution in [0.3, 0.4) is 0 Å². The molecule has 2 aromatic carbocycles. The zero-order valence-electron chi connectivity index (χ0n) is 27.4. The Kier molecular flexibility index (Phi) is 15.4. The number of carbonyl (C=O) groups excluding carboxylic acids is 4. The van der Waals surface area contributed by atoms with Crippen molar-refractivity contribution in [3.63, 3.8) is 0 Å². The van der Waals surface area contributed by atoms with Crippen molar-refractivity contribution in [3.05, 3.63) is 53.6 Å². The third kappa shape index (κ3) is 11.6. The number of nitrogens with one attached hydrogen (secondary N) is 3. The number of aliphatic hydroxyl groups excluding tert-OH is 1. The molecule has 14 heteroatoms. The highest BCUT2D eigenvalue weighted by Gasteiger charge is 2.32. The quantitative estimate of drug-likeness (QED) is 0.112. The van der Waals surface area contributed by atoms with Crippen LogP contribution in [0.5, 0.6) is 5.75 Å². The second kappa shape index (κ2) is 19.2. The topological polar surface area (TPSA) is 275 Å². The van der Waals surface area contributed by atoms with Crippen molar-refractivity contribution in [2.75, 3.05) is 26.2 Å². The molecule has 3 rings (SSSR count). The normalized spacial score (nSPS) is 20.4. The van der Waals surface area contributed by atoms with Crippen LogP contribution in [0.1, 0.15) is 49.7 Å². The molecule has 0 fully saturated rings. The predicted octanol–water partition coefficient (Wildman–Crippen LogP) is -1.34. The summed E-state index contributed by atoms with van der Waals surface area (Å²) >= 11 is 0. The van der Waals surface area contributed by atoms with Crippen LogP contribution in [0, 0.1) is 5.92 Å². The fourth-order valence-corrected chi connectivity index (χ4v) is 5.69. The lowest BCUT2D eigenvalue weighted by Gasteiger charge is -2.26. The van der Waals surface area contributed by atoms with E-state index in [1.807, 2.05) is 24.3 Å². The molecule has 264 valence electrons. The van der Waals surface area contributed by atoms with Crippen LogP contribution >= 0.6 is 0 Å². The highest BCUT2D eigenvalue weighted by atomic mass is 16.3. The van der Waals surface area contributed by atoms with Crippen LogP contribution in [0.2, 0.25) is 0 Å². The lowest BCUT2D eigenvalue weighted by atomic mass is 9.90. The molecular weight excluding hydrogens is 616 g/mol. The van der Waals surface area contributed by atoms with Gasteiger partial charge in [0.15, 0.2) is 5.78 Å². The van der Waals surface area contributed by atoms with E-state index < -0.39 is 53.7 Å². The van der Waals surface area contributed by atoms with Crippen molar-refractivity contribution in [1.82, 2.24) is 16.0 Å². The van der Waals surface area contributed by atoms with E-state index in [1.165, 1.54) is 6.07 Å². The first-order chi connectivity index (χ1) is 22.9. The summed E-state index contributed by atoms with van der Waals surface area (Å²) in [5.41, 5.74) is 32.0. The van der Waals surface area contributed by atoms with E-state index >= 15 is 0 Å². The Balaban J connectivity index is 1.97. The van der Waals surface area contributed by atoms with Gasteiger partial charge in [0.1, 0.15) is 17.8 Å². The molecule has 4 bridgehead atoms. The van der Waals surface area contributed by atoms with Gasteiger partial charge in [-0.15, -0.1) is 0 Å². The minimum absolute atomic E-state index is 0.0159. The molecule has 1 aliphatic rings. The van der Waals surface area contributed by atoms with Crippen molar-refractivity contribution in [3.8, 4) is 16.9 Å². The molecular formula is C34H52N8O6.